The Morgan fingerprint density at radius 3 is 2.43 bits per heavy atom. The van der Waals surface area contributed by atoms with Gasteiger partial charge in [-0.2, -0.15) is 0 Å². The number of nitrogens with one attached hydrogen (secondary N) is 2. The summed E-state index contributed by atoms with van der Waals surface area (Å²) in [4.78, 5) is 24.8. The molecule has 4 heteroatoms. The highest BCUT2D eigenvalue weighted by Gasteiger charge is 2.56. The number of aryl methyl sites for hydroxylation is 2. The largest absolute Gasteiger partial charge is 0.353 e. The van der Waals surface area contributed by atoms with Gasteiger partial charge in [0.05, 0.1) is 0 Å². The van der Waals surface area contributed by atoms with E-state index in [0.717, 1.165) is 23.2 Å². The van der Waals surface area contributed by atoms with Gasteiger partial charge in [-0.25, -0.2) is 0 Å². The summed E-state index contributed by atoms with van der Waals surface area (Å²) in [6.45, 7) is 7.84. The summed E-state index contributed by atoms with van der Waals surface area (Å²) in [6.07, 6.45) is 2.11. The lowest BCUT2D eigenvalue weighted by Crippen LogP contribution is -2.42. The Balaban J connectivity index is 2.17. The molecular formula is C17H24N2O2. The van der Waals surface area contributed by atoms with Gasteiger partial charge in [-0.3, -0.25) is 9.59 Å². The van der Waals surface area contributed by atoms with Gasteiger partial charge in [0.15, 0.2) is 0 Å². The van der Waals surface area contributed by atoms with Crippen molar-refractivity contribution in [2.45, 2.75) is 53.0 Å². The van der Waals surface area contributed by atoms with Crippen LogP contribution in [0.5, 0.6) is 0 Å². The van der Waals surface area contributed by atoms with E-state index in [4.69, 9.17) is 0 Å². The Morgan fingerprint density at radius 1 is 1.24 bits per heavy atom. The Kier molecular flexibility index (Phi) is 4.35. The lowest BCUT2D eigenvalue weighted by Gasteiger charge is -2.19. The monoisotopic (exact) mass is 288 g/mol. The average molecular weight is 288 g/mol. The lowest BCUT2D eigenvalue weighted by molar-refractivity contribution is -0.134. The number of hydrogen-bond acceptors (Lipinski definition) is 2. The fraction of sp³-hybridized carbons (Fsp3) is 0.529. The number of carbonyl (C=O) groups excluding carboxylic acids is 2. The number of rotatable bonds is 5. The van der Waals surface area contributed by atoms with Crippen LogP contribution in [0.4, 0.5) is 5.69 Å². The summed E-state index contributed by atoms with van der Waals surface area (Å²) in [6, 6.07) is 6.02. The van der Waals surface area contributed by atoms with E-state index in [9.17, 15) is 9.59 Å². The van der Waals surface area contributed by atoms with E-state index in [0.29, 0.717) is 12.8 Å². The van der Waals surface area contributed by atoms with Crippen molar-refractivity contribution in [3.63, 3.8) is 0 Å². The van der Waals surface area contributed by atoms with E-state index in [2.05, 4.69) is 17.6 Å². The van der Waals surface area contributed by atoms with Crippen LogP contribution in [0.3, 0.4) is 0 Å². The standard InChI is InChI=1S/C17H24N2O2/c1-5-13-8-6-7-12(4)14(13)19-16(21)17(9-10-17)15(20)18-11(2)3/h6-8,11H,5,9-10H2,1-4H3,(H,18,20)(H,19,21). The maximum atomic E-state index is 12.6. The smallest absolute Gasteiger partial charge is 0.240 e. The van der Waals surface area contributed by atoms with Gasteiger partial charge in [0.2, 0.25) is 11.8 Å². The first kappa shape index (κ1) is 15.5. The second-order valence-electron chi connectivity index (χ2n) is 6.13. The molecule has 1 aromatic rings. The second-order valence-corrected chi connectivity index (χ2v) is 6.13. The van der Waals surface area contributed by atoms with Crippen molar-refractivity contribution in [3.8, 4) is 0 Å². The number of carbonyl (C=O) groups is 2. The molecule has 0 saturated heterocycles. The molecule has 0 unspecified atom stereocenters. The van der Waals surface area contributed by atoms with Crippen LogP contribution in [0.25, 0.3) is 0 Å². The van der Waals surface area contributed by atoms with Crippen molar-refractivity contribution in [3.05, 3.63) is 29.3 Å². The van der Waals surface area contributed by atoms with E-state index < -0.39 is 5.41 Å². The minimum absolute atomic E-state index is 0.0486. The fourth-order valence-electron chi connectivity index (χ4n) is 2.52. The average Bonchev–Trinajstić information content (AvgIpc) is 3.21. The molecule has 1 aliphatic rings. The first-order valence-electron chi connectivity index (χ1n) is 7.61. The summed E-state index contributed by atoms with van der Waals surface area (Å²) < 4.78 is 0. The summed E-state index contributed by atoms with van der Waals surface area (Å²) in [5.74, 6) is -0.328. The Morgan fingerprint density at radius 2 is 1.90 bits per heavy atom. The predicted molar refractivity (Wildman–Crippen MR) is 84.1 cm³/mol. The van der Waals surface area contributed by atoms with Crippen LogP contribution in [0.2, 0.25) is 0 Å². The van der Waals surface area contributed by atoms with Gasteiger partial charge >= 0.3 is 0 Å². The molecule has 0 spiro atoms. The SMILES string of the molecule is CCc1cccc(C)c1NC(=O)C1(C(=O)NC(C)C)CC1. The van der Waals surface area contributed by atoms with E-state index in [-0.39, 0.29) is 17.9 Å². The van der Waals surface area contributed by atoms with Gasteiger partial charge in [-0.1, -0.05) is 25.1 Å². The number of benzene rings is 1. The Hall–Kier alpha value is -1.84. The van der Waals surface area contributed by atoms with Gasteiger partial charge in [0.1, 0.15) is 5.41 Å². The predicted octanol–water partition coefficient (Wildman–Crippen LogP) is 2.80. The zero-order valence-electron chi connectivity index (χ0n) is 13.2. The fourth-order valence-corrected chi connectivity index (χ4v) is 2.52. The molecule has 0 heterocycles. The molecule has 114 valence electrons. The van der Waals surface area contributed by atoms with E-state index in [1.807, 2.05) is 39.0 Å². The molecule has 4 nitrogen and oxygen atoms in total. The summed E-state index contributed by atoms with van der Waals surface area (Å²) >= 11 is 0. The van der Waals surface area contributed by atoms with Crippen LogP contribution in [0, 0.1) is 12.3 Å². The van der Waals surface area contributed by atoms with Gasteiger partial charge in [0, 0.05) is 11.7 Å². The molecule has 2 rings (SSSR count). The zero-order chi connectivity index (χ0) is 15.6. The van der Waals surface area contributed by atoms with Crippen molar-refractivity contribution in [1.29, 1.82) is 0 Å². The third kappa shape index (κ3) is 3.09. The molecule has 0 atom stereocenters. The molecule has 1 aliphatic carbocycles. The van der Waals surface area contributed by atoms with Gasteiger partial charge in [-0.05, 0) is 51.2 Å². The Bertz CT molecular complexity index is 560. The van der Waals surface area contributed by atoms with E-state index in [1.165, 1.54) is 0 Å². The summed E-state index contributed by atoms with van der Waals surface area (Å²) in [5.41, 5.74) is 2.12. The highest BCUT2D eigenvalue weighted by Crippen LogP contribution is 2.47. The highest BCUT2D eigenvalue weighted by molar-refractivity contribution is 6.13. The van der Waals surface area contributed by atoms with Crippen molar-refractivity contribution in [1.82, 2.24) is 5.32 Å². The van der Waals surface area contributed by atoms with Gasteiger partial charge in [0.25, 0.3) is 0 Å². The van der Waals surface area contributed by atoms with Crippen LogP contribution in [0.15, 0.2) is 18.2 Å². The molecule has 0 aromatic heterocycles. The molecule has 1 saturated carbocycles. The topological polar surface area (TPSA) is 58.2 Å². The highest BCUT2D eigenvalue weighted by atomic mass is 16.2. The normalized spacial score (nSPS) is 15.7. The molecule has 1 aromatic carbocycles. The quantitative estimate of drug-likeness (QED) is 0.819. The molecule has 1 fully saturated rings. The van der Waals surface area contributed by atoms with Gasteiger partial charge < -0.3 is 10.6 Å². The molecular weight excluding hydrogens is 264 g/mol. The van der Waals surface area contributed by atoms with Crippen molar-refractivity contribution < 1.29 is 9.59 Å². The van der Waals surface area contributed by atoms with Gasteiger partial charge in [-0.15, -0.1) is 0 Å². The molecule has 0 radical (unpaired) electrons. The molecule has 2 N–H and O–H groups in total. The third-order valence-electron chi connectivity index (χ3n) is 4.02. The molecule has 0 bridgehead atoms. The van der Waals surface area contributed by atoms with Crippen molar-refractivity contribution in [2.24, 2.45) is 5.41 Å². The van der Waals surface area contributed by atoms with Crippen LogP contribution in [-0.4, -0.2) is 17.9 Å². The van der Waals surface area contributed by atoms with Crippen LogP contribution < -0.4 is 10.6 Å². The minimum Gasteiger partial charge on any atom is -0.353 e. The summed E-state index contributed by atoms with van der Waals surface area (Å²) in [7, 11) is 0. The maximum Gasteiger partial charge on any atom is 0.240 e. The minimum atomic E-state index is -0.864. The Labute approximate surface area is 126 Å². The molecule has 2 amide bonds. The van der Waals surface area contributed by atoms with Crippen molar-refractivity contribution in [2.75, 3.05) is 5.32 Å². The van der Waals surface area contributed by atoms with E-state index in [1.54, 1.807) is 0 Å². The van der Waals surface area contributed by atoms with Crippen LogP contribution >= 0.6 is 0 Å². The maximum absolute atomic E-state index is 12.6. The first-order valence-corrected chi connectivity index (χ1v) is 7.61. The van der Waals surface area contributed by atoms with Crippen molar-refractivity contribution >= 4 is 17.5 Å². The zero-order valence-corrected chi connectivity index (χ0v) is 13.2. The van der Waals surface area contributed by atoms with E-state index >= 15 is 0 Å². The summed E-state index contributed by atoms with van der Waals surface area (Å²) in [5, 5.41) is 5.84. The first-order chi connectivity index (χ1) is 9.90. The number of para-hydroxylation sites is 1. The third-order valence-corrected chi connectivity index (χ3v) is 4.02. The molecule has 0 aliphatic heterocycles. The molecule has 21 heavy (non-hydrogen) atoms. The number of hydrogen-bond donors (Lipinski definition) is 2. The van der Waals surface area contributed by atoms with Crippen LogP contribution in [-0.2, 0) is 16.0 Å². The van der Waals surface area contributed by atoms with Crippen LogP contribution in [0.1, 0.15) is 44.7 Å². The lowest BCUT2D eigenvalue weighted by atomic mass is 10.0. The second kappa shape index (κ2) is 5.88. The number of anilines is 1. The number of amides is 2.